The van der Waals surface area contributed by atoms with Crippen LogP contribution in [0.1, 0.15) is 25.3 Å². The van der Waals surface area contributed by atoms with Crippen molar-refractivity contribution in [2.45, 2.75) is 19.8 Å². The predicted molar refractivity (Wildman–Crippen MR) is 92.3 cm³/mol. The van der Waals surface area contributed by atoms with Gasteiger partial charge in [0.05, 0.1) is 30.4 Å². The number of halogens is 2. The lowest BCUT2D eigenvalue weighted by atomic mass is 9.77. The van der Waals surface area contributed by atoms with Crippen LogP contribution in [0.5, 0.6) is 5.75 Å². The van der Waals surface area contributed by atoms with Crippen molar-refractivity contribution in [3.63, 3.8) is 0 Å². The van der Waals surface area contributed by atoms with Crippen LogP contribution < -0.4 is 0 Å². The second kappa shape index (κ2) is 9.86. The normalized spacial score (nSPS) is 13.6. The minimum atomic E-state index is -1.57. The summed E-state index contributed by atoms with van der Waals surface area (Å²) in [5, 5.41) is 29.2. The van der Waals surface area contributed by atoms with E-state index in [1.165, 1.54) is 12.1 Å². The molecule has 0 aliphatic carbocycles. The van der Waals surface area contributed by atoms with E-state index in [-0.39, 0.29) is 28.8 Å². The average molecular weight is 399 g/mol. The van der Waals surface area contributed by atoms with Gasteiger partial charge in [0.2, 0.25) is 0 Å². The number of esters is 2. The average Bonchev–Trinajstić information content (AvgIpc) is 2.58. The summed E-state index contributed by atoms with van der Waals surface area (Å²) < 4.78 is 9.72. The molecule has 0 saturated heterocycles. The molecule has 0 saturated carbocycles. The second-order valence-corrected chi connectivity index (χ2v) is 5.91. The number of carbonyl (C=O) groups is 2. The van der Waals surface area contributed by atoms with E-state index in [2.05, 4.69) is 0 Å². The molecule has 7 nitrogen and oxygen atoms in total. The Kier molecular flexibility index (Phi) is 8.18. The zero-order chi connectivity index (χ0) is 19.9. The molecule has 1 rings (SSSR count). The number of phenolic OH excluding ortho intramolecular Hbond substituents is 1. The van der Waals surface area contributed by atoms with E-state index in [9.17, 15) is 25.2 Å². The lowest BCUT2D eigenvalue weighted by Crippen LogP contribution is -2.33. The topological polar surface area (TPSA) is 120 Å². The molecule has 1 aromatic rings. The van der Waals surface area contributed by atoms with E-state index in [0.29, 0.717) is 0 Å². The Morgan fingerprint density at radius 1 is 1.08 bits per heavy atom. The number of hydrogen-bond acceptors (Lipinski definition) is 7. The molecule has 0 aliphatic heterocycles. The molecule has 0 heterocycles. The summed E-state index contributed by atoms with van der Waals surface area (Å²) in [6.45, 7) is 3.07. The predicted octanol–water partition coefficient (Wildman–Crippen LogP) is 3.19. The SMILES string of the molecule is CCOC(=O)[C@@H](C#N)C(c1cc(Cl)cc(Cl)c1O)[C@@H](C#N)C(=O)OCC. The minimum absolute atomic E-state index is 0.0113. The number of nitriles is 2. The summed E-state index contributed by atoms with van der Waals surface area (Å²) in [5.74, 6) is -6.90. The molecule has 0 bridgehead atoms. The number of ether oxygens (including phenoxy) is 2. The zero-order valence-electron chi connectivity index (χ0n) is 14.0. The van der Waals surface area contributed by atoms with Crippen molar-refractivity contribution in [1.29, 1.82) is 10.5 Å². The van der Waals surface area contributed by atoms with Gasteiger partial charge in [0.15, 0.2) is 11.8 Å². The quantitative estimate of drug-likeness (QED) is 0.699. The van der Waals surface area contributed by atoms with Crippen LogP contribution in [0.4, 0.5) is 0 Å². The van der Waals surface area contributed by atoms with Gasteiger partial charge in [-0.05, 0) is 26.0 Å². The Balaban J connectivity index is 3.62. The molecule has 9 heteroatoms. The van der Waals surface area contributed by atoms with Gasteiger partial charge in [-0.25, -0.2) is 0 Å². The first-order chi connectivity index (χ1) is 12.3. The van der Waals surface area contributed by atoms with Crippen LogP contribution in [0, 0.1) is 34.5 Å². The second-order valence-electron chi connectivity index (χ2n) is 5.07. The van der Waals surface area contributed by atoms with Crippen molar-refractivity contribution in [1.82, 2.24) is 0 Å². The highest BCUT2D eigenvalue weighted by molar-refractivity contribution is 6.35. The van der Waals surface area contributed by atoms with Gasteiger partial charge in [-0.1, -0.05) is 23.2 Å². The van der Waals surface area contributed by atoms with Crippen LogP contribution in [-0.4, -0.2) is 30.3 Å². The first-order valence-electron chi connectivity index (χ1n) is 7.62. The summed E-state index contributed by atoms with van der Waals surface area (Å²) in [6, 6.07) is 5.95. The molecule has 0 aromatic heterocycles. The van der Waals surface area contributed by atoms with Crippen molar-refractivity contribution in [2.75, 3.05) is 13.2 Å². The van der Waals surface area contributed by atoms with Gasteiger partial charge in [-0.15, -0.1) is 0 Å². The van der Waals surface area contributed by atoms with Crippen LogP contribution in [0.2, 0.25) is 10.0 Å². The Morgan fingerprint density at radius 3 is 1.92 bits per heavy atom. The van der Waals surface area contributed by atoms with Crippen LogP contribution >= 0.6 is 23.2 Å². The van der Waals surface area contributed by atoms with Crippen molar-refractivity contribution in [2.24, 2.45) is 11.8 Å². The molecule has 1 aromatic carbocycles. The zero-order valence-corrected chi connectivity index (χ0v) is 15.5. The molecule has 1 unspecified atom stereocenters. The van der Waals surface area contributed by atoms with E-state index in [4.69, 9.17) is 32.7 Å². The molecular formula is C17H16Cl2N2O5. The summed E-state index contributed by atoms with van der Waals surface area (Å²) in [4.78, 5) is 24.4. The number of nitrogens with zero attached hydrogens (tertiary/aromatic N) is 2. The van der Waals surface area contributed by atoms with Crippen molar-refractivity contribution in [3.8, 4) is 17.9 Å². The summed E-state index contributed by atoms with van der Waals surface area (Å²) in [5.41, 5.74) is -0.0956. The van der Waals surface area contributed by atoms with Gasteiger partial charge in [0, 0.05) is 16.5 Å². The lowest BCUT2D eigenvalue weighted by Gasteiger charge is -2.25. The highest BCUT2D eigenvalue weighted by Crippen LogP contribution is 2.42. The molecule has 1 N–H and O–H groups in total. The molecule has 138 valence electrons. The monoisotopic (exact) mass is 398 g/mol. The van der Waals surface area contributed by atoms with Gasteiger partial charge >= 0.3 is 11.9 Å². The highest BCUT2D eigenvalue weighted by atomic mass is 35.5. The number of carbonyl (C=O) groups excluding carboxylic acids is 2. The maximum atomic E-state index is 12.2. The van der Waals surface area contributed by atoms with Gasteiger partial charge < -0.3 is 14.6 Å². The van der Waals surface area contributed by atoms with E-state index >= 15 is 0 Å². The van der Waals surface area contributed by atoms with Crippen LogP contribution in [0.25, 0.3) is 0 Å². The summed E-state index contributed by atoms with van der Waals surface area (Å²) in [7, 11) is 0. The largest absolute Gasteiger partial charge is 0.506 e. The Bertz CT molecular complexity index is 734. The van der Waals surface area contributed by atoms with Gasteiger partial charge in [0.25, 0.3) is 0 Å². The molecule has 0 radical (unpaired) electrons. The standard InChI is InChI=1S/C17H16Cl2N2O5/c1-3-25-16(23)11(7-20)14(12(8-21)17(24)26-4-2)10-5-9(18)6-13(19)15(10)22/h5-6,11-12,14,22H,3-4H2,1-2H3/t11-,12+,14?. The Labute approximate surface area is 160 Å². The maximum Gasteiger partial charge on any atom is 0.324 e. The van der Waals surface area contributed by atoms with E-state index < -0.39 is 35.4 Å². The third-order valence-corrected chi connectivity index (χ3v) is 4.00. The number of rotatable bonds is 7. The molecule has 0 amide bonds. The van der Waals surface area contributed by atoms with Gasteiger partial charge in [0.1, 0.15) is 5.75 Å². The van der Waals surface area contributed by atoms with E-state index in [1.807, 2.05) is 0 Å². The number of benzene rings is 1. The Hall–Kier alpha value is -2.48. The maximum absolute atomic E-state index is 12.2. The van der Waals surface area contributed by atoms with E-state index in [0.717, 1.165) is 0 Å². The van der Waals surface area contributed by atoms with Crippen molar-refractivity contribution < 1.29 is 24.2 Å². The number of phenols is 1. The van der Waals surface area contributed by atoms with E-state index in [1.54, 1.807) is 26.0 Å². The first-order valence-corrected chi connectivity index (χ1v) is 8.38. The molecule has 3 atom stereocenters. The van der Waals surface area contributed by atoms with Crippen molar-refractivity contribution >= 4 is 35.1 Å². The molecule has 26 heavy (non-hydrogen) atoms. The van der Waals surface area contributed by atoms with Gasteiger partial charge in [-0.2, -0.15) is 10.5 Å². The molecule has 0 fully saturated rings. The van der Waals surface area contributed by atoms with Crippen LogP contribution in [0.3, 0.4) is 0 Å². The highest BCUT2D eigenvalue weighted by Gasteiger charge is 2.43. The number of aromatic hydroxyl groups is 1. The van der Waals surface area contributed by atoms with Crippen LogP contribution in [-0.2, 0) is 19.1 Å². The molecule has 0 aliphatic rings. The fourth-order valence-electron chi connectivity index (χ4n) is 2.41. The molecular weight excluding hydrogens is 383 g/mol. The first kappa shape index (κ1) is 21.6. The van der Waals surface area contributed by atoms with Gasteiger partial charge in [-0.3, -0.25) is 9.59 Å². The minimum Gasteiger partial charge on any atom is -0.506 e. The van der Waals surface area contributed by atoms with Crippen LogP contribution in [0.15, 0.2) is 12.1 Å². The fraction of sp³-hybridized carbons (Fsp3) is 0.412. The smallest absolute Gasteiger partial charge is 0.324 e. The lowest BCUT2D eigenvalue weighted by molar-refractivity contribution is -0.150. The summed E-state index contributed by atoms with van der Waals surface area (Å²) >= 11 is 11.9. The Morgan fingerprint density at radius 2 is 1.54 bits per heavy atom. The fourth-order valence-corrected chi connectivity index (χ4v) is 2.92. The third kappa shape index (κ3) is 4.78. The number of hydrogen-bond donors (Lipinski definition) is 1. The van der Waals surface area contributed by atoms with Crippen molar-refractivity contribution in [3.05, 3.63) is 27.7 Å². The summed E-state index contributed by atoms with van der Waals surface area (Å²) in [6.07, 6.45) is 0. The molecule has 0 spiro atoms. The third-order valence-electron chi connectivity index (χ3n) is 3.49.